The maximum Gasteiger partial charge on any atom is 0.243 e. The fourth-order valence-corrected chi connectivity index (χ4v) is 5.52. The summed E-state index contributed by atoms with van der Waals surface area (Å²) in [5, 5.41) is 0. The number of benzene rings is 2. The van der Waals surface area contributed by atoms with Crippen molar-refractivity contribution in [3.05, 3.63) is 70.8 Å². The van der Waals surface area contributed by atoms with Gasteiger partial charge in [0.1, 0.15) is 5.78 Å². The van der Waals surface area contributed by atoms with Gasteiger partial charge in [0.15, 0.2) is 0 Å². The molecule has 2 aromatic carbocycles. The Morgan fingerprint density at radius 1 is 1.04 bits per heavy atom. The Balaban J connectivity index is 1.53. The molecule has 2 aliphatic rings. The quantitative estimate of drug-likeness (QED) is 0.792. The molecule has 0 bridgehead atoms. The number of Topliss-reactive ketones (excluding diaryl/α,β-unsaturated/α-hetero) is 1. The molecule has 0 saturated heterocycles. The van der Waals surface area contributed by atoms with Gasteiger partial charge in [0.2, 0.25) is 10.0 Å². The molecule has 0 radical (unpaired) electrons. The zero-order chi connectivity index (χ0) is 19.9. The minimum Gasteiger partial charge on any atom is -0.300 e. The summed E-state index contributed by atoms with van der Waals surface area (Å²) < 4.78 is 27.8. The maximum absolute atomic E-state index is 13.1. The van der Waals surface area contributed by atoms with Crippen LogP contribution in [0, 0.1) is 12.8 Å². The van der Waals surface area contributed by atoms with Gasteiger partial charge in [0, 0.05) is 19.0 Å². The Morgan fingerprint density at radius 2 is 1.75 bits per heavy atom. The Labute approximate surface area is 166 Å². The van der Waals surface area contributed by atoms with Crippen LogP contribution in [0.1, 0.15) is 35.6 Å². The Bertz CT molecular complexity index is 1050. The maximum atomic E-state index is 13.1. The first-order chi connectivity index (χ1) is 13.3. The van der Waals surface area contributed by atoms with Crippen LogP contribution in [0.5, 0.6) is 0 Å². The Hall–Kier alpha value is -2.24. The molecule has 28 heavy (non-hydrogen) atoms. The van der Waals surface area contributed by atoms with E-state index in [-0.39, 0.29) is 11.7 Å². The van der Waals surface area contributed by atoms with Crippen molar-refractivity contribution in [3.8, 4) is 0 Å². The smallest absolute Gasteiger partial charge is 0.243 e. The largest absolute Gasteiger partial charge is 0.300 e. The third kappa shape index (κ3) is 3.56. The molecule has 4 rings (SSSR count). The van der Waals surface area contributed by atoms with E-state index in [1.807, 2.05) is 12.1 Å². The highest BCUT2D eigenvalue weighted by atomic mass is 32.2. The molecule has 1 atom stereocenters. The molecule has 146 valence electrons. The minimum atomic E-state index is -3.53. The number of rotatable bonds is 4. The summed E-state index contributed by atoms with van der Waals surface area (Å²) in [6.45, 7) is 4.54. The number of carbonyl (C=O) groups excluding carboxylic acids is 1. The lowest BCUT2D eigenvalue weighted by Gasteiger charge is -2.26. The lowest BCUT2D eigenvalue weighted by molar-refractivity contribution is -0.120. The fraction of sp³-hybridized carbons (Fsp3) is 0.348. The number of carbonyl (C=O) groups is 1. The van der Waals surface area contributed by atoms with Crippen molar-refractivity contribution in [3.63, 3.8) is 0 Å². The van der Waals surface area contributed by atoms with Gasteiger partial charge in [0.05, 0.1) is 4.90 Å². The molecule has 0 spiro atoms. The van der Waals surface area contributed by atoms with E-state index in [0.717, 1.165) is 23.1 Å². The van der Waals surface area contributed by atoms with E-state index in [2.05, 4.69) is 31.2 Å². The standard InChI is InChI=1S/C23H25NO3S/c1-16-3-5-18(6-4-16)19-9-11-24(12-10-19)28(26,27)23-8-7-20-13-21(17(2)25)14-22(20)15-23/h3-9,15,21H,10-14H2,1-2H3. The molecule has 5 heteroatoms. The molecule has 0 aromatic heterocycles. The molecular formula is C23H25NO3S. The van der Waals surface area contributed by atoms with E-state index >= 15 is 0 Å². The summed E-state index contributed by atoms with van der Waals surface area (Å²) in [5.41, 5.74) is 5.67. The van der Waals surface area contributed by atoms with Crippen LogP contribution in [0.25, 0.3) is 5.57 Å². The SMILES string of the molecule is CC(=O)C1Cc2ccc(S(=O)(=O)N3CC=C(c4ccc(C)cc4)CC3)cc2C1. The number of aryl methyl sites for hydroxylation is 1. The lowest BCUT2D eigenvalue weighted by Crippen LogP contribution is -2.34. The predicted molar refractivity (Wildman–Crippen MR) is 111 cm³/mol. The molecule has 0 amide bonds. The second kappa shape index (κ2) is 7.30. The first-order valence-corrected chi connectivity index (χ1v) is 11.2. The molecule has 1 heterocycles. The van der Waals surface area contributed by atoms with Crippen LogP contribution in [0.3, 0.4) is 0 Å². The molecule has 0 fully saturated rings. The van der Waals surface area contributed by atoms with Gasteiger partial charge in [0.25, 0.3) is 0 Å². The van der Waals surface area contributed by atoms with Crippen molar-refractivity contribution >= 4 is 21.4 Å². The number of fused-ring (bicyclic) bond motifs is 1. The summed E-state index contributed by atoms with van der Waals surface area (Å²) in [6, 6.07) is 13.7. The van der Waals surface area contributed by atoms with Crippen LogP contribution in [0.4, 0.5) is 0 Å². The second-order valence-electron chi connectivity index (χ2n) is 7.85. The van der Waals surface area contributed by atoms with Gasteiger partial charge in [-0.1, -0.05) is 42.0 Å². The number of hydrogen-bond acceptors (Lipinski definition) is 3. The van der Waals surface area contributed by atoms with Gasteiger partial charge in [-0.15, -0.1) is 0 Å². The van der Waals surface area contributed by atoms with Crippen molar-refractivity contribution in [2.24, 2.45) is 5.92 Å². The predicted octanol–water partition coefficient (Wildman–Crippen LogP) is 3.78. The van der Waals surface area contributed by atoms with Crippen LogP contribution < -0.4 is 0 Å². The second-order valence-corrected chi connectivity index (χ2v) is 9.79. The molecule has 1 unspecified atom stereocenters. The number of nitrogens with zero attached hydrogens (tertiary/aromatic N) is 1. The summed E-state index contributed by atoms with van der Waals surface area (Å²) in [5.74, 6) is 0.161. The summed E-state index contributed by atoms with van der Waals surface area (Å²) in [6.07, 6.45) is 4.09. The Kier molecular flexibility index (Phi) is 4.98. The molecule has 4 nitrogen and oxygen atoms in total. The Morgan fingerprint density at radius 3 is 2.39 bits per heavy atom. The van der Waals surface area contributed by atoms with Crippen LogP contribution in [0.2, 0.25) is 0 Å². The van der Waals surface area contributed by atoms with Gasteiger partial charge >= 0.3 is 0 Å². The zero-order valence-corrected chi connectivity index (χ0v) is 17.1. The van der Waals surface area contributed by atoms with Crippen molar-refractivity contribution in [2.75, 3.05) is 13.1 Å². The third-order valence-electron chi connectivity index (χ3n) is 5.92. The highest BCUT2D eigenvalue weighted by Crippen LogP contribution is 2.31. The van der Waals surface area contributed by atoms with E-state index in [1.54, 1.807) is 23.4 Å². The van der Waals surface area contributed by atoms with Gasteiger partial charge in [-0.25, -0.2) is 8.42 Å². The van der Waals surface area contributed by atoms with Gasteiger partial charge in [-0.05, 0) is 67.5 Å². The summed E-state index contributed by atoms with van der Waals surface area (Å²) >= 11 is 0. The average Bonchev–Trinajstić information content (AvgIpc) is 3.12. The molecule has 1 aliphatic heterocycles. The zero-order valence-electron chi connectivity index (χ0n) is 16.3. The summed E-state index contributed by atoms with van der Waals surface area (Å²) in [4.78, 5) is 12.0. The van der Waals surface area contributed by atoms with Gasteiger partial charge in [-0.3, -0.25) is 4.79 Å². The average molecular weight is 396 g/mol. The lowest BCUT2D eigenvalue weighted by atomic mass is 9.99. The number of ketones is 1. The fourth-order valence-electron chi connectivity index (χ4n) is 4.09. The van der Waals surface area contributed by atoms with Crippen molar-refractivity contribution in [2.45, 2.75) is 38.0 Å². The first kappa shape index (κ1) is 19.1. The van der Waals surface area contributed by atoms with E-state index in [4.69, 9.17) is 0 Å². The molecule has 0 saturated carbocycles. The molecular weight excluding hydrogens is 370 g/mol. The van der Waals surface area contributed by atoms with Crippen LogP contribution in [-0.2, 0) is 27.7 Å². The number of sulfonamides is 1. The van der Waals surface area contributed by atoms with E-state index in [9.17, 15) is 13.2 Å². The number of hydrogen-bond donors (Lipinski definition) is 0. The molecule has 2 aromatic rings. The monoisotopic (exact) mass is 395 g/mol. The van der Waals surface area contributed by atoms with Crippen LogP contribution in [0.15, 0.2) is 53.4 Å². The van der Waals surface area contributed by atoms with Gasteiger partial charge in [-0.2, -0.15) is 4.31 Å². The van der Waals surface area contributed by atoms with Crippen molar-refractivity contribution in [1.82, 2.24) is 4.31 Å². The van der Waals surface area contributed by atoms with Gasteiger partial charge < -0.3 is 0 Å². The minimum absolute atomic E-state index is 0.0112. The van der Waals surface area contributed by atoms with E-state index in [0.29, 0.717) is 30.8 Å². The first-order valence-electron chi connectivity index (χ1n) is 9.73. The third-order valence-corrected chi connectivity index (χ3v) is 7.78. The van der Waals surface area contributed by atoms with Crippen molar-refractivity contribution in [1.29, 1.82) is 0 Å². The van der Waals surface area contributed by atoms with Crippen molar-refractivity contribution < 1.29 is 13.2 Å². The van der Waals surface area contributed by atoms with Crippen LogP contribution >= 0.6 is 0 Å². The molecule has 0 N–H and O–H groups in total. The molecule has 1 aliphatic carbocycles. The topological polar surface area (TPSA) is 54.5 Å². The van der Waals surface area contributed by atoms with Crippen LogP contribution in [-0.4, -0.2) is 31.6 Å². The summed E-state index contributed by atoms with van der Waals surface area (Å²) in [7, 11) is -3.53. The highest BCUT2D eigenvalue weighted by Gasteiger charge is 2.30. The van der Waals surface area contributed by atoms with E-state index < -0.39 is 10.0 Å². The normalized spacial score (nSPS) is 19.9. The van der Waals surface area contributed by atoms with E-state index in [1.165, 1.54) is 11.1 Å². The highest BCUT2D eigenvalue weighted by molar-refractivity contribution is 7.89.